The SMILES string of the molecule is CO[N+](=O)c1ccc(Sc2nnnn2CC(=O)O)c(C(=O)Nc2cc(F)c(C(F)(F)C(F)(F)C(F)(F)F)cn2)c1. The molecule has 0 atom stereocenters. The molecule has 1 aromatic carbocycles. The normalized spacial score (nSPS) is 12.2. The van der Waals surface area contributed by atoms with Crippen molar-refractivity contribution in [1.82, 2.24) is 25.2 Å². The summed E-state index contributed by atoms with van der Waals surface area (Å²) in [6, 6.07) is 3.25. The monoisotopic (exact) mass is 602 g/mol. The van der Waals surface area contributed by atoms with Crippen molar-refractivity contribution in [2.24, 2.45) is 0 Å². The summed E-state index contributed by atoms with van der Waals surface area (Å²) >= 11 is 0.628. The van der Waals surface area contributed by atoms with Crippen LogP contribution in [-0.4, -0.2) is 66.3 Å². The summed E-state index contributed by atoms with van der Waals surface area (Å²) in [5, 5.41) is 21.1. The highest BCUT2D eigenvalue weighted by Gasteiger charge is 2.74. The summed E-state index contributed by atoms with van der Waals surface area (Å²) in [4.78, 5) is 43.3. The fourth-order valence-electron chi connectivity index (χ4n) is 2.86. The number of aliphatic carboxylic acids is 1. The van der Waals surface area contributed by atoms with E-state index < -0.39 is 59.2 Å². The first-order chi connectivity index (χ1) is 18.5. The Morgan fingerprint density at radius 3 is 2.40 bits per heavy atom. The van der Waals surface area contributed by atoms with Gasteiger partial charge in [0.05, 0.1) is 16.0 Å². The second-order valence-corrected chi connectivity index (χ2v) is 8.39. The van der Waals surface area contributed by atoms with Crippen molar-refractivity contribution >= 4 is 35.1 Å². The lowest BCUT2D eigenvalue weighted by Crippen LogP contribution is -2.50. The third kappa shape index (κ3) is 5.92. The predicted molar refractivity (Wildman–Crippen MR) is 113 cm³/mol. The van der Waals surface area contributed by atoms with Gasteiger partial charge in [0, 0.05) is 29.3 Å². The number of rotatable bonds is 10. The Bertz CT molecular complexity index is 1470. The topological polar surface area (TPSA) is 152 Å². The van der Waals surface area contributed by atoms with Gasteiger partial charge in [0.2, 0.25) is 5.16 Å². The number of amides is 1. The van der Waals surface area contributed by atoms with E-state index in [0.717, 1.165) is 23.9 Å². The molecule has 0 spiro atoms. The molecule has 2 N–H and O–H groups in total. The smallest absolute Gasteiger partial charge is 0.460 e. The number of hydrogen-bond acceptors (Lipinski definition) is 9. The Labute approximate surface area is 219 Å². The van der Waals surface area contributed by atoms with Gasteiger partial charge >= 0.3 is 29.7 Å². The Morgan fingerprint density at radius 1 is 1.15 bits per heavy atom. The van der Waals surface area contributed by atoms with Gasteiger partial charge in [-0.15, -0.1) is 5.10 Å². The standard InChI is InChI=1S/C19H11F8N7O5S/c1-39-34(38)8-2-3-12(40-16-30-31-32-33(16)7-14(35)36)9(4-8)15(37)29-13-5-11(20)10(6-28-13)17(21,22)18(23,24)19(25,26)27/h2-6H,7H2,1H3,(H-,28,29,35,36,37)/p+1. The second-order valence-electron chi connectivity index (χ2n) is 7.39. The molecule has 0 aliphatic heterocycles. The number of carbonyl (C=O) groups is 2. The zero-order valence-corrected chi connectivity index (χ0v) is 20.1. The molecule has 2 heterocycles. The predicted octanol–water partition coefficient (Wildman–Crippen LogP) is 3.96. The highest BCUT2D eigenvalue weighted by Crippen LogP contribution is 2.52. The minimum absolute atomic E-state index is 0.0211. The number of hydrogen-bond donors (Lipinski definition) is 2. The lowest BCUT2D eigenvalue weighted by molar-refractivity contribution is -0.736. The zero-order chi connectivity index (χ0) is 30.0. The van der Waals surface area contributed by atoms with Gasteiger partial charge in [0.15, 0.2) is 7.11 Å². The van der Waals surface area contributed by atoms with Gasteiger partial charge in [-0.1, -0.05) is 0 Å². The fourth-order valence-corrected chi connectivity index (χ4v) is 3.74. The minimum atomic E-state index is -6.73. The van der Waals surface area contributed by atoms with Crippen LogP contribution in [0.5, 0.6) is 0 Å². The molecule has 2 aromatic heterocycles. The number of halogens is 8. The van der Waals surface area contributed by atoms with Gasteiger partial charge in [-0.3, -0.25) is 9.59 Å². The summed E-state index contributed by atoms with van der Waals surface area (Å²) in [5.74, 6) is -18.4. The molecule has 0 saturated carbocycles. The number of anilines is 1. The van der Waals surface area contributed by atoms with Crippen LogP contribution in [0.3, 0.4) is 0 Å². The largest absolute Gasteiger partial charge is 0.480 e. The van der Waals surface area contributed by atoms with Gasteiger partial charge in [0.25, 0.3) is 10.8 Å². The minimum Gasteiger partial charge on any atom is -0.480 e. The van der Waals surface area contributed by atoms with E-state index in [4.69, 9.17) is 5.11 Å². The van der Waals surface area contributed by atoms with Gasteiger partial charge in [-0.05, 0) is 28.3 Å². The number of carboxylic acids is 1. The van der Waals surface area contributed by atoms with E-state index in [1.165, 1.54) is 6.07 Å². The van der Waals surface area contributed by atoms with Crippen molar-refractivity contribution in [1.29, 1.82) is 0 Å². The van der Waals surface area contributed by atoms with E-state index in [9.17, 15) is 49.6 Å². The molecule has 0 aliphatic rings. The molecule has 0 saturated heterocycles. The number of nitrogens with zero attached hydrogens (tertiary/aromatic N) is 6. The van der Waals surface area contributed by atoms with Crippen LogP contribution in [0.1, 0.15) is 15.9 Å². The quantitative estimate of drug-likeness (QED) is 0.258. The van der Waals surface area contributed by atoms with Crippen molar-refractivity contribution in [3.63, 3.8) is 0 Å². The van der Waals surface area contributed by atoms with Gasteiger partial charge in [-0.2, -0.15) is 30.7 Å². The van der Waals surface area contributed by atoms with E-state index in [0.29, 0.717) is 11.8 Å². The third-order valence-electron chi connectivity index (χ3n) is 4.75. The van der Waals surface area contributed by atoms with Crippen LogP contribution in [0, 0.1) is 10.7 Å². The summed E-state index contributed by atoms with van der Waals surface area (Å²) in [6.45, 7) is -0.680. The van der Waals surface area contributed by atoms with Crippen LogP contribution in [0.15, 0.2) is 40.5 Å². The molecule has 0 radical (unpaired) electrons. The summed E-state index contributed by atoms with van der Waals surface area (Å²) in [7, 11) is 0.988. The van der Waals surface area contributed by atoms with E-state index in [-0.39, 0.29) is 32.9 Å². The van der Waals surface area contributed by atoms with Crippen molar-refractivity contribution in [3.8, 4) is 0 Å². The second kappa shape index (κ2) is 11.0. The van der Waals surface area contributed by atoms with Crippen LogP contribution < -0.4 is 5.32 Å². The molecule has 214 valence electrons. The van der Waals surface area contributed by atoms with E-state index in [1.807, 2.05) is 5.32 Å². The molecule has 0 aliphatic carbocycles. The summed E-state index contributed by atoms with van der Waals surface area (Å²) in [5.41, 5.74) is -3.07. The molecule has 40 heavy (non-hydrogen) atoms. The maximum absolute atomic E-state index is 14.3. The van der Waals surface area contributed by atoms with Crippen LogP contribution >= 0.6 is 11.8 Å². The number of carboxylic acid groups (broad SMARTS) is 1. The number of aromatic nitrogens is 5. The maximum atomic E-state index is 14.3. The van der Waals surface area contributed by atoms with Gasteiger partial charge in [0.1, 0.15) is 18.2 Å². The molecule has 3 aromatic rings. The fraction of sp³-hybridized carbons (Fsp3) is 0.263. The molecule has 1 amide bonds. The maximum Gasteiger partial charge on any atom is 0.460 e. The zero-order valence-electron chi connectivity index (χ0n) is 19.3. The van der Waals surface area contributed by atoms with Crippen molar-refractivity contribution in [2.75, 3.05) is 12.4 Å². The molecule has 0 bridgehead atoms. The Kier molecular flexibility index (Phi) is 8.27. The van der Waals surface area contributed by atoms with Crippen LogP contribution in [0.25, 0.3) is 0 Å². The van der Waals surface area contributed by atoms with Crippen molar-refractivity contribution < 1.29 is 59.6 Å². The first-order valence-electron chi connectivity index (χ1n) is 10.1. The van der Waals surface area contributed by atoms with E-state index >= 15 is 0 Å². The number of benzene rings is 1. The number of carbonyl (C=O) groups excluding carboxylic acids is 1. The number of alkyl halides is 7. The number of pyridine rings is 1. The Hall–Kier alpha value is -4.43. The molecule has 12 nitrogen and oxygen atoms in total. The van der Waals surface area contributed by atoms with Gasteiger partial charge in [-0.25, -0.2) is 18.9 Å². The number of tetrazole rings is 1. The molecule has 0 unspecified atom stereocenters. The van der Waals surface area contributed by atoms with Gasteiger partial charge < -0.3 is 10.4 Å². The lowest BCUT2D eigenvalue weighted by Gasteiger charge is -2.28. The van der Waals surface area contributed by atoms with Crippen LogP contribution in [0.2, 0.25) is 0 Å². The molecule has 0 fully saturated rings. The molecule has 21 heteroatoms. The summed E-state index contributed by atoms with van der Waals surface area (Å²) < 4.78 is 107. The summed E-state index contributed by atoms with van der Waals surface area (Å²) in [6.07, 6.45) is -7.03. The molecular weight excluding hydrogens is 590 g/mol. The lowest BCUT2D eigenvalue weighted by atomic mass is 10.0. The van der Waals surface area contributed by atoms with Crippen molar-refractivity contribution in [2.45, 2.75) is 34.6 Å². The number of nitrogens with one attached hydrogen (secondary N) is 1. The average Bonchev–Trinajstić information content (AvgIpc) is 3.28. The van der Waals surface area contributed by atoms with Crippen LogP contribution in [0.4, 0.5) is 46.6 Å². The Balaban J connectivity index is 1.96. The third-order valence-corrected chi connectivity index (χ3v) is 5.80. The first kappa shape index (κ1) is 30.1. The highest BCUT2D eigenvalue weighted by atomic mass is 32.2. The Morgan fingerprint density at radius 2 is 1.82 bits per heavy atom. The molecule has 3 rings (SSSR count). The van der Waals surface area contributed by atoms with E-state index in [1.54, 1.807) is 0 Å². The first-order valence-corrected chi connectivity index (χ1v) is 10.9. The van der Waals surface area contributed by atoms with E-state index in [2.05, 4.69) is 25.3 Å². The van der Waals surface area contributed by atoms with Crippen LogP contribution in [-0.2, 0) is 22.1 Å². The average molecular weight is 602 g/mol. The molecular formula is C19H12F8N7O5S+. The highest BCUT2D eigenvalue weighted by molar-refractivity contribution is 7.99. The van der Waals surface area contributed by atoms with Crippen molar-refractivity contribution in [3.05, 3.63) is 52.3 Å².